The molecular weight excluding hydrogens is 168 g/mol. The van der Waals surface area contributed by atoms with Crippen LogP contribution in [0.5, 0.6) is 0 Å². The molecule has 3 nitrogen and oxygen atoms in total. The molecule has 0 spiro atoms. The summed E-state index contributed by atoms with van der Waals surface area (Å²) in [6.45, 7) is 0.909. The Morgan fingerprint density at radius 3 is 2.92 bits per heavy atom. The maximum atomic E-state index is 10.6. The van der Waals surface area contributed by atoms with Crippen molar-refractivity contribution >= 4 is 5.97 Å². The molecule has 0 aromatic heterocycles. The number of carboxylic acid groups (broad SMARTS) is 1. The fraction of sp³-hybridized carbons (Fsp3) is 0.700. The van der Waals surface area contributed by atoms with Gasteiger partial charge in [-0.25, -0.2) is 4.79 Å². The highest BCUT2D eigenvalue weighted by Gasteiger charge is 2.28. The van der Waals surface area contributed by atoms with E-state index in [4.69, 9.17) is 9.84 Å². The molecule has 72 valence electrons. The van der Waals surface area contributed by atoms with Gasteiger partial charge in [-0.05, 0) is 31.6 Å². The van der Waals surface area contributed by atoms with Crippen LogP contribution in [0.25, 0.3) is 0 Å². The summed E-state index contributed by atoms with van der Waals surface area (Å²) in [6, 6.07) is 0. The molecule has 1 N–H and O–H groups in total. The van der Waals surface area contributed by atoms with E-state index in [9.17, 15) is 4.79 Å². The van der Waals surface area contributed by atoms with Crippen molar-refractivity contribution in [1.29, 1.82) is 0 Å². The Labute approximate surface area is 77.4 Å². The Kier molecular flexibility index (Phi) is 2.36. The van der Waals surface area contributed by atoms with Crippen molar-refractivity contribution in [3.63, 3.8) is 0 Å². The number of allylic oxidation sites excluding steroid dienone is 1. The topological polar surface area (TPSA) is 49.8 Å². The molecule has 3 heteroatoms. The number of aliphatic carboxylic acids is 1. The van der Waals surface area contributed by atoms with Gasteiger partial charge >= 0.3 is 5.97 Å². The third kappa shape index (κ3) is 2.31. The molecule has 2 atom stereocenters. The lowest BCUT2D eigenvalue weighted by molar-refractivity contribution is -0.132. The van der Waals surface area contributed by atoms with Gasteiger partial charge in [-0.15, -0.1) is 0 Å². The van der Waals surface area contributed by atoms with E-state index in [2.05, 4.69) is 0 Å². The second kappa shape index (κ2) is 3.50. The Morgan fingerprint density at radius 1 is 1.69 bits per heavy atom. The van der Waals surface area contributed by atoms with E-state index in [0.29, 0.717) is 17.6 Å². The SMILES string of the molecule is O=C(O)C1=CCC(CC2CO2)CC1. The van der Waals surface area contributed by atoms with E-state index >= 15 is 0 Å². The van der Waals surface area contributed by atoms with Crippen molar-refractivity contribution in [3.8, 4) is 0 Å². The average Bonchev–Trinajstić information content (AvgIpc) is 2.89. The maximum Gasteiger partial charge on any atom is 0.331 e. The summed E-state index contributed by atoms with van der Waals surface area (Å²) in [6.07, 6.45) is 6.12. The molecule has 0 radical (unpaired) electrons. The van der Waals surface area contributed by atoms with Crippen molar-refractivity contribution in [2.24, 2.45) is 5.92 Å². The van der Waals surface area contributed by atoms with Crippen LogP contribution in [0.2, 0.25) is 0 Å². The highest BCUT2D eigenvalue weighted by atomic mass is 16.6. The number of carbonyl (C=O) groups is 1. The number of rotatable bonds is 3. The molecule has 2 unspecified atom stereocenters. The zero-order chi connectivity index (χ0) is 9.26. The highest BCUT2D eigenvalue weighted by Crippen LogP contribution is 2.30. The molecule has 0 bridgehead atoms. The molecule has 0 aromatic carbocycles. The number of ether oxygens (including phenoxy) is 1. The van der Waals surface area contributed by atoms with Gasteiger partial charge in [0.25, 0.3) is 0 Å². The minimum absolute atomic E-state index is 0.477. The summed E-state index contributed by atoms with van der Waals surface area (Å²) < 4.78 is 5.15. The monoisotopic (exact) mass is 182 g/mol. The van der Waals surface area contributed by atoms with Gasteiger partial charge in [-0.3, -0.25) is 0 Å². The summed E-state index contributed by atoms with van der Waals surface area (Å²) >= 11 is 0. The van der Waals surface area contributed by atoms with E-state index in [1.54, 1.807) is 0 Å². The minimum Gasteiger partial charge on any atom is -0.478 e. The lowest BCUT2D eigenvalue weighted by Gasteiger charge is -2.18. The highest BCUT2D eigenvalue weighted by molar-refractivity contribution is 5.86. The van der Waals surface area contributed by atoms with Gasteiger partial charge < -0.3 is 9.84 Å². The summed E-state index contributed by atoms with van der Waals surface area (Å²) in [5.41, 5.74) is 0.591. The van der Waals surface area contributed by atoms with Crippen LogP contribution in [0.15, 0.2) is 11.6 Å². The van der Waals surface area contributed by atoms with E-state index in [0.717, 1.165) is 32.3 Å². The summed E-state index contributed by atoms with van der Waals surface area (Å²) in [5.74, 6) is -0.100. The first-order valence-electron chi connectivity index (χ1n) is 4.79. The van der Waals surface area contributed by atoms with E-state index in [1.165, 1.54) is 0 Å². The molecule has 0 amide bonds. The third-order valence-electron chi connectivity index (χ3n) is 2.79. The Morgan fingerprint density at radius 2 is 2.46 bits per heavy atom. The fourth-order valence-corrected chi connectivity index (χ4v) is 1.87. The van der Waals surface area contributed by atoms with E-state index in [1.807, 2.05) is 6.08 Å². The molecule has 0 aromatic rings. The average molecular weight is 182 g/mol. The van der Waals surface area contributed by atoms with Crippen molar-refractivity contribution < 1.29 is 14.6 Å². The first kappa shape index (κ1) is 8.75. The number of carboxylic acids is 1. The van der Waals surface area contributed by atoms with Gasteiger partial charge in [0.15, 0.2) is 0 Å². The smallest absolute Gasteiger partial charge is 0.331 e. The Balaban J connectivity index is 1.83. The zero-order valence-corrected chi connectivity index (χ0v) is 7.53. The molecule has 1 heterocycles. The van der Waals surface area contributed by atoms with Crippen molar-refractivity contribution in [2.45, 2.75) is 31.8 Å². The first-order chi connectivity index (χ1) is 6.25. The molecule has 1 saturated heterocycles. The maximum absolute atomic E-state index is 10.6. The normalized spacial score (nSPS) is 32.5. The van der Waals surface area contributed by atoms with Gasteiger partial charge in [-0.1, -0.05) is 6.08 Å². The Hall–Kier alpha value is -0.830. The molecule has 2 aliphatic rings. The summed E-state index contributed by atoms with van der Waals surface area (Å²) in [4.78, 5) is 10.6. The van der Waals surface area contributed by atoms with Crippen LogP contribution in [0.4, 0.5) is 0 Å². The zero-order valence-electron chi connectivity index (χ0n) is 7.53. The summed E-state index contributed by atoms with van der Waals surface area (Å²) in [7, 11) is 0. The van der Waals surface area contributed by atoms with Crippen molar-refractivity contribution in [1.82, 2.24) is 0 Å². The molecule has 1 aliphatic carbocycles. The van der Waals surface area contributed by atoms with Crippen LogP contribution in [0.1, 0.15) is 25.7 Å². The molecule has 0 saturated carbocycles. The van der Waals surface area contributed by atoms with Crippen LogP contribution in [0, 0.1) is 5.92 Å². The van der Waals surface area contributed by atoms with Crippen molar-refractivity contribution in [3.05, 3.63) is 11.6 Å². The van der Waals surface area contributed by atoms with Gasteiger partial charge in [0, 0.05) is 5.57 Å². The number of hydrogen-bond acceptors (Lipinski definition) is 2. The summed E-state index contributed by atoms with van der Waals surface area (Å²) in [5, 5.41) is 8.73. The molecule has 2 rings (SSSR count). The van der Waals surface area contributed by atoms with Crippen LogP contribution < -0.4 is 0 Å². The fourth-order valence-electron chi connectivity index (χ4n) is 1.87. The predicted octanol–water partition coefficient (Wildman–Crippen LogP) is 1.59. The van der Waals surface area contributed by atoms with Crippen molar-refractivity contribution in [2.75, 3.05) is 6.61 Å². The van der Waals surface area contributed by atoms with E-state index < -0.39 is 5.97 Å². The lowest BCUT2D eigenvalue weighted by atomic mass is 9.86. The number of hydrogen-bond donors (Lipinski definition) is 1. The van der Waals surface area contributed by atoms with Crippen LogP contribution in [-0.4, -0.2) is 23.8 Å². The number of epoxide rings is 1. The molecular formula is C10H14O3. The van der Waals surface area contributed by atoms with Gasteiger partial charge in [0.2, 0.25) is 0 Å². The van der Waals surface area contributed by atoms with Gasteiger partial charge in [0.1, 0.15) is 0 Å². The quantitative estimate of drug-likeness (QED) is 0.674. The van der Waals surface area contributed by atoms with Gasteiger partial charge in [0.05, 0.1) is 12.7 Å². The van der Waals surface area contributed by atoms with Crippen LogP contribution in [-0.2, 0) is 9.53 Å². The lowest BCUT2D eigenvalue weighted by Crippen LogP contribution is -2.12. The Bertz CT molecular complexity index is 241. The molecule has 1 fully saturated rings. The predicted molar refractivity (Wildman–Crippen MR) is 47.4 cm³/mol. The molecule has 13 heavy (non-hydrogen) atoms. The van der Waals surface area contributed by atoms with Crippen LogP contribution in [0.3, 0.4) is 0 Å². The second-order valence-electron chi connectivity index (χ2n) is 3.87. The largest absolute Gasteiger partial charge is 0.478 e. The van der Waals surface area contributed by atoms with Crippen LogP contribution >= 0.6 is 0 Å². The minimum atomic E-state index is -0.749. The van der Waals surface area contributed by atoms with E-state index in [-0.39, 0.29) is 0 Å². The standard InChI is InChI=1S/C10H14O3/c11-10(12)8-3-1-7(2-4-8)5-9-6-13-9/h3,7,9H,1-2,4-6H2,(H,11,12). The first-order valence-corrected chi connectivity index (χ1v) is 4.79. The molecule has 1 aliphatic heterocycles. The second-order valence-corrected chi connectivity index (χ2v) is 3.87. The third-order valence-corrected chi connectivity index (χ3v) is 2.79. The van der Waals surface area contributed by atoms with Gasteiger partial charge in [-0.2, -0.15) is 0 Å².